The summed E-state index contributed by atoms with van der Waals surface area (Å²) < 4.78 is 0. The molecule has 0 saturated carbocycles. The van der Waals surface area contributed by atoms with Crippen LogP contribution in [0.4, 0.5) is 5.69 Å². The second-order valence-electron chi connectivity index (χ2n) is 5.32. The number of phenols is 1. The van der Waals surface area contributed by atoms with Crippen LogP contribution < -0.4 is 10.6 Å². The minimum absolute atomic E-state index is 0.0248. The maximum atomic E-state index is 12.1. The van der Waals surface area contributed by atoms with Crippen LogP contribution in [0, 0.1) is 0 Å². The maximum absolute atomic E-state index is 12.1. The van der Waals surface area contributed by atoms with Gasteiger partial charge in [0.25, 0.3) is 11.8 Å². The topological polar surface area (TPSA) is 133 Å². The number of carboxylic acid groups (broad SMARTS) is 1. The minimum Gasteiger partial charge on any atom is -0.507 e. The number of para-hydroxylation sites is 1. The Hall–Kier alpha value is -3.68. The van der Waals surface area contributed by atoms with Crippen molar-refractivity contribution < 1.29 is 29.4 Å². The van der Waals surface area contributed by atoms with Crippen LogP contribution in [0.1, 0.15) is 33.6 Å². The number of amides is 3. The highest BCUT2D eigenvalue weighted by atomic mass is 16.4. The fourth-order valence-corrected chi connectivity index (χ4v) is 2.06. The summed E-state index contributed by atoms with van der Waals surface area (Å²) >= 11 is 0. The lowest BCUT2D eigenvalue weighted by Gasteiger charge is -2.07. The molecule has 0 heterocycles. The van der Waals surface area contributed by atoms with E-state index in [2.05, 4.69) is 10.6 Å². The molecule has 2 rings (SSSR count). The van der Waals surface area contributed by atoms with Crippen LogP contribution in [0.25, 0.3) is 0 Å². The van der Waals surface area contributed by atoms with Crippen LogP contribution in [-0.4, -0.2) is 33.9 Å². The molecule has 0 atom stereocenters. The summed E-state index contributed by atoms with van der Waals surface area (Å²) in [7, 11) is 0. The van der Waals surface area contributed by atoms with Gasteiger partial charge in [-0.3, -0.25) is 24.5 Å². The van der Waals surface area contributed by atoms with Gasteiger partial charge in [0.15, 0.2) is 0 Å². The number of carboxylic acids is 1. The summed E-state index contributed by atoms with van der Waals surface area (Å²) in [4.78, 5) is 46.0. The molecule has 2 aromatic carbocycles. The van der Waals surface area contributed by atoms with E-state index in [1.165, 1.54) is 36.4 Å². The number of carbonyl (C=O) groups is 4. The lowest BCUT2D eigenvalue weighted by atomic mass is 10.1. The van der Waals surface area contributed by atoms with Crippen LogP contribution in [-0.2, 0) is 9.59 Å². The minimum atomic E-state index is -1.07. The number of hydrogen-bond acceptors (Lipinski definition) is 5. The Morgan fingerprint density at radius 1 is 0.846 bits per heavy atom. The van der Waals surface area contributed by atoms with Crippen molar-refractivity contribution in [2.75, 3.05) is 5.32 Å². The molecule has 0 aromatic heterocycles. The molecule has 8 nitrogen and oxygen atoms in total. The largest absolute Gasteiger partial charge is 0.507 e. The van der Waals surface area contributed by atoms with Crippen LogP contribution in [0.3, 0.4) is 0 Å². The third kappa shape index (κ3) is 5.17. The molecule has 26 heavy (non-hydrogen) atoms. The van der Waals surface area contributed by atoms with Gasteiger partial charge in [-0.05, 0) is 36.4 Å². The monoisotopic (exact) mass is 356 g/mol. The van der Waals surface area contributed by atoms with Crippen molar-refractivity contribution in [1.82, 2.24) is 5.32 Å². The van der Waals surface area contributed by atoms with E-state index in [0.29, 0.717) is 5.69 Å². The van der Waals surface area contributed by atoms with Gasteiger partial charge in [-0.2, -0.15) is 0 Å². The molecular weight excluding hydrogens is 340 g/mol. The normalized spacial score (nSPS) is 10.0. The van der Waals surface area contributed by atoms with Crippen molar-refractivity contribution >= 4 is 29.4 Å². The van der Waals surface area contributed by atoms with E-state index < -0.39 is 23.7 Å². The van der Waals surface area contributed by atoms with Gasteiger partial charge in [-0.1, -0.05) is 12.1 Å². The molecule has 4 N–H and O–H groups in total. The Morgan fingerprint density at radius 3 is 2.12 bits per heavy atom. The van der Waals surface area contributed by atoms with Gasteiger partial charge in [0, 0.05) is 17.7 Å². The average Bonchev–Trinajstić information content (AvgIpc) is 2.60. The van der Waals surface area contributed by atoms with Gasteiger partial charge in [-0.15, -0.1) is 0 Å². The standard InChI is InChI=1S/C18H16N2O6/c21-14-4-2-1-3-13(14)18(26)20-17(25)11-5-7-12(8-6-11)19-15(22)9-10-16(23)24/h1-8,21H,9-10H2,(H,19,22)(H,23,24)(H,20,25,26). The fraction of sp³-hybridized carbons (Fsp3) is 0.111. The zero-order valence-electron chi connectivity index (χ0n) is 13.6. The number of nitrogens with one attached hydrogen (secondary N) is 2. The van der Waals surface area contributed by atoms with E-state index in [0.717, 1.165) is 0 Å². The molecule has 0 bridgehead atoms. The molecule has 3 amide bonds. The molecule has 2 aromatic rings. The number of imide groups is 1. The van der Waals surface area contributed by atoms with E-state index in [9.17, 15) is 24.3 Å². The highest BCUT2D eigenvalue weighted by molar-refractivity contribution is 6.11. The van der Waals surface area contributed by atoms with Crippen molar-refractivity contribution in [3.8, 4) is 5.75 Å². The number of aromatic hydroxyl groups is 1. The van der Waals surface area contributed by atoms with E-state index in [4.69, 9.17) is 5.11 Å². The summed E-state index contributed by atoms with van der Waals surface area (Å²) in [6, 6.07) is 11.5. The number of carbonyl (C=O) groups excluding carboxylic acids is 3. The van der Waals surface area contributed by atoms with Crippen molar-refractivity contribution in [2.24, 2.45) is 0 Å². The van der Waals surface area contributed by atoms with Gasteiger partial charge >= 0.3 is 5.97 Å². The zero-order chi connectivity index (χ0) is 19.1. The van der Waals surface area contributed by atoms with Crippen LogP contribution in [0.15, 0.2) is 48.5 Å². The first kappa shape index (κ1) is 18.7. The molecular formula is C18H16N2O6. The molecule has 0 aliphatic rings. The Morgan fingerprint density at radius 2 is 1.50 bits per heavy atom. The number of rotatable bonds is 6. The van der Waals surface area contributed by atoms with Gasteiger partial charge in [0.2, 0.25) is 5.91 Å². The Kier molecular flexibility index (Phi) is 6.05. The summed E-state index contributed by atoms with van der Waals surface area (Å²) in [5.74, 6) is -3.17. The van der Waals surface area contributed by atoms with E-state index in [-0.39, 0.29) is 29.7 Å². The molecule has 0 unspecified atom stereocenters. The number of aliphatic carboxylic acids is 1. The first-order chi connectivity index (χ1) is 12.4. The van der Waals surface area contributed by atoms with Gasteiger partial charge < -0.3 is 15.5 Å². The predicted molar refractivity (Wildman–Crippen MR) is 91.8 cm³/mol. The number of phenolic OH excluding ortho intramolecular Hbond substituents is 1. The highest BCUT2D eigenvalue weighted by Gasteiger charge is 2.15. The van der Waals surface area contributed by atoms with Crippen molar-refractivity contribution in [3.05, 3.63) is 59.7 Å². The second kappa shape index (κ2) is 8.43. The molecule has 134 valence electrons. The van der Waals surface area contributed by atoms with Crippen molar-refractivity contribution in [1.29, 1.82) is 0 Å². The first-order valence-corrected chi connectivity index (χ1v) is 7.62. The molecule has 0 aliphatic heterocycles. The van der Waals surface area contributed by atoms with Gasteiger partial charge in [0.05, 0.1) is 12.0 Å². The highest BCUT2D eigenvalue weighted by Crippen LogP contribution is 2.16. The smallest absolute Gasteiger partial charge is 0.303 e. The third-order valence-corrected chi connectivity index (χ3v) is 3.37. The molecule has 8 heteroatoms. The Labute approximate surface area is 148 Å². The Balaban J connectivity index is 1.96. The Bertz CT molecular complexity index is 845. The van der Waals surface area contributed by atoms with E-state index in [1.54, 1.807) is 12.1 Å². The fourth-order valence-electron chi connectivity index (χ4n) is 2.06. The molecule has 0 aliphatic carbocycles. The SMILES string of the molecule is O=C(O)CCC(=O)Nc1ccc(C(=O)NC(=O)c2ccccc2O)cc1. The van der Waals surface area contributed by atoms with Crippen LogP contribution in [0.2, 0.25) is 0 Å². The summed E-state index contributed by atoms with van der Waals surface area (Å²) in [6.45, 7) is 0. The number of benzene rings is 2. The van der Waals surface area contributed by atoms with Crippen molar-refractivity contribution in [2.45, 2.75) is 12.8 Å². The van der Waals surface area contributed by atoms with Crippen LogP contribution in [0.5, 0.6) is 5.75 Å². The van der Waals surface area contributed by atoms with E-state index >= 15 is 0 Å². The lowest BCUT2D eigenvalue weighted by Crippen LogP contribution is -2.30. The maximum Gasteiger partial charge on any atom is 0.303 e. The third-order valence-electron chi connectivity index (χ3n) is 3.37. The van der Waals surface area contributed by atoms with Crippen LogP contribution >= 0.6 is 0 Å². The van der Waals surface area contributed by atoms with Crippen molar-refractivity contribution in [3.63, 3.8) is 0 Å². The summed E-state index contributed by atoms with van der Waals surface area (Å²) in [6.07, 6.45) is -0.437. The first-order valence-electron chi connectivity index (χ1n) is 7.62. The predicted octanol–water partition coefficient (Wildman–Crippen LogP) is 1.77. The average molecular weight is 356 g/mol. The number of hydrogen-bond donors (Lipinski definition) is 4. The molecule has 0 radical (unpaired) electrons. The summed E-state index contributed by atoms with van der Waals surface area (Å²) in [5.41, 5.74) is 0.546. The molecule has 0 saturated heterocycles. The second-order valence-corrected chi connectivity index (χ2v) is 5.32. The zero-order valence-corrected chi connectivity index (χ0v) is 13.6. The lowest BCUT2D eigenvalue weighted by molar-refractivity contribution is -0.138. The quantitative estimate of drug-likeness (QED) is 0.583. The summed E-state index contributed by atoms with van der Waals surface area (Å²) in [5, 5.41) is 22.8. The number of anilines is 1. The van der Waals surface area contributed by atoms with E-state index in [1.807, 2.05) is 0 Å². The van der Waals surface area contributed by atoms with Gasteiger partial charge in [-0.25, -0.2) is 0 Å². The van der Waals surface area contributed by atoms with Gasteiger partial charge in [0.1, 0.15) is 5.75 Å². The molecule has 0 fully saturated rings. The molecule has 0 spiro atoms.